The zero-order valence-corrected chi connectivity index (χ0v) is 15.4. The van der Waals surface area contributed by atoms with Gasteiger partial charge in [0.1, 0.15) is 17.0 Å². The number of carbonyl (C=O) groups is 1. The molecule has 4 rings (SSSR count). The largest absolute Gasteiger partial charge is 0.369 e. The summed E-state index contributed by atoms with van der Waals surface area (Å²) in [5.74, 6) is 1.51. The molecule has 134 valence electrons. The van der Waals surface area contributed by atoms with Gasteiger partial charge in [0.25, 0.3) is 0 Å². The van der Waals surface area contributed by atoms with E-state index in [1.54, 1.807) is 6.33 Å². The molecule has 2 aromatic rings. The van der Waals surface area contributed by atoms with E-state index in [0.29, 0.717) is 12.6 Å². The third-order valence-electron chi connectivity index (χ3n) is 5.40. The first-order valence-corrected chi connectivity index (χ1v) is 9.94. The number of hydrogen-bond donors (Lipinski definition) is 2. The summed E-state index contributed by atoms with van der Waals surface area (Å²) in [7, 11) is 0. The molecular weight excluding hydrogens is 334 g/mol. The van der Waals surface area contributed by atoms with Crippen molar-refractivity contribution in [3.05, 3.63) is 16.8 Å². The summed E-state index contributed by atoms with van der Waals surface area (Å²) in [6.45, 7) is 4.49. The first-order chi connectivity index (χ1) is 12.1. The molecule has 1 aliphatic carbocycles. The number of nitrogens with one attached hydrogen (secondary N) is 1. The average molecular weight is 359 g/mol. The third-order valence-corrected chi connectivity index (χ3v) is 6.56. The van der Waals surface area contributed by atoms with Crippen molar-refractivity contribution in [2.24, 2.45) is 11.7 Å². The van der Waals surface area contributed by atoms with Gasteiger partial charge in [-0.1, -0.05) is 6.92 Å². The smallest absolute Gasteiger partial charge is 0.231 e. The van der Waals surface area contributed by atoms with Crippen LogP contribution in [0.1, 0.15) is 36.6 Å². The van der Waals surface area contributed by atoms with Crippen LogP contribution in [0.4, 0.5) is 5.82 Å². The number of hydrogen-bond acceptors (Lipinski definition) is 6. The summed E-state index contributed by atoms with van der Waals surface area (Å²) in [6.07, 6.45) is 7.23. The topological polar surface area (TPSA) is 84.1 Å². The summed E-state index contributed by atoms with van der Waals surface area (Å²) in [5, 5.41) is 4.90. The van der Waals surface area contributed by atoms with E-state index in [-0.39, 0.29) is 5.91 Å². The Morgan fingerprint density at radius 3 is 2.92 bits per heavy atom. The highest BCUT2D eigenvalue weighted by atomic mass is 32.1. The Labute approximate surface area is 151 Å². The Bertz CT molecular complexity index is 781. The number of piperidine rings is 1. The highest BCUT2D eigenvalue weighted by Gasteiger charge is 2.25. The molecule has 3 heterocycles. The van der Waals surface area contributed by atoms with E-state index >= 15 is 0 Å². The number of primary amides is 1. The zero-order valence-electron chi connectivity index (χ0n) is 14.6. The monoisotopic (exact) mass is 359 g/mol. The number of rotatable bonds is 4. The minimum Gasteiger partial charge on any atom is -0.369 e. The predicted molar refractivity (Wildman–Crippen MR) is 101 cm³/mol. The molecule has 1 saturated heterocycles. The van der Waals surface area contributed by atoms with Crippen LogP contribution in [0.3, 0.4) is 0 Å². The fourth-order valence-electron chi connectivity index (χ4n) is 4.03. The van der Waals surface area contributed by atoms with E-state index in [1.165, 1.54) is 28.7 Å². The molecule has 6 nitrogen and oxygen atoms in total. The number of fused-ring (bicyclic) bond motifs is 3. The lowest BCUT2D eigenvalue weighted by Crippen LogP contribution is -2.43. The molecule has 1 atom stereocenters. The molecule has 0 radical (unpaired) electrons. The number of nitrogens with zero attached hydrogens (tertiary/aromatic N) is 3. The molecule has 3 N–H and O–H groups in total. The van der Waals surface area contributed by atoms with Crippen molar-refractivity contribution < 1.29 is 4.79 Å². The van der Waals surface area contributed by atoms with Gasteiger partial charge in [-0.05, 0) is 43.6 Å². The van der Waals surface area contributed by atoms with Crippen LogP contribution in [0.2, 0.25) is 0 Å². The summed E-state index contributed by atoms with van der Waals surface area (Å²) in [5.41, 5.74) is 6.76. The molecule has 2 aliphatic rings. The molecule has 1 fully saturated rings. The second kappa shape index (κ2) is 6.88. The number of anilines is 1. The number of amides is 1. The SMILES string of the molecule is CC1CCc2c(sc3ncnc(NC4CCN(CC(N)=O)CC4)c23)C1. The van der Waals surface area contributed by atoms with Gasteiger partial charge in [-0.3, -0.25) is 9.69 Å². The molecule has 2 aromatic heterocycles. The van der Waals surface area contributed by atoms with Gasteiger partial charge in [0.05, 0.1) is 11.9 Å². The van der Waals surface area contributed by atoms with Crippen molar-refractivity contribution in [3.63, 3.8) is 0 Å². The van der Waals surface area contributed by atoms with Crippen LogP contribution in [-0.2, 0) is 17.6 Å². The van der Waals surface area contributed by atoms with Crippen molar-refractivity contribution in [1.82, 2.24) is 14.9 Å². The molecule has 1 aliphatic heterocycles. The third kappa shape index (κ3) is 3.48. The Morgan fingerprint density at radius 2 is 2.16 bits per heavy atom. The normalized spacial score (nSPS) is 22.0. The fourth-order valence-corrected chi connectivity index (χ4v) is 5.38. The molecule has 0 spiro atoms. The first kappa shape index (κ1) is 16.7. The van der Waals surface area contributed by atoms with Gasteiger partial charge >= 0.3 is 0 Å². The van der Waals surface area contributed by atoms with Crippen molar-refractivity contribution in [3.8, 4) is 0 Å². The van der Waals surface area contributed by atoms with E-state index in [1.807, 2.05) is 11.3 Å². The quantitative estimate of drug-likeness (QED) is 0.874. The van der Waals surface area contributed by atoms with Gasteiger partial charge in [-0.2, -0.15) is 0 Å². The van der Waals surface area contributed by atoms with Gasteiger partial charge in [0.15, 0.2) is 0 Å². The Balaban J connectivity index is 1.52. The lowest BCUT2D eigenvalue weighted by atomic mass is 9.89. The van der Waals surface area contributed by atoms with Gasteiger partial charge in [-0.15, -0.1) is 11.3 Å². The van der Waals surface area contributed by atoms with E-state index in [9.17, 15) is 4.79 Å². The molecule has 1 amide bonds. The van der Waals surface area contributed by atoms with Crippen LogP contribution in [0.15, 0.2) is 6.33 Å². The van der Waals surface area contributed by atoms with Crippen molar-refractivity contribution in [1.29, 1.82) is 0 Å². The maximum atomic E-state index is 11.1. The van der Waals surface area contributed by atoms with Crippen molar-refractivity contribution in [2.75, 3.05) is 25.0 Å². The van der Waals surface area contributed by atoms with E-state index in [4.69, 9.17) is 5.73 Å². The minimum absolute atomic E-state index is 0.247. The maximum absolute atomic E-state index is 11.1. The van der Waals surface area contributed by atoms with Crippen LogP contribution in [0.5, 0.6) is 0 Å². The van der Waals surface area contributed by atoms with Crippen molar-refractivity contribution in [2.45, 2.75) is 45.1 Å². The number of likely N-dealkylation sites (tertiary alicyclic amines) is 1. The van der Waals surface area contributed by atoms with Crippen LogP contribution in [-0.4, -0.2) is 46.5 Å². The van der Waals surface area contributed by atoms with E-state index in [2.05, 4.69) is 27.1 Å². The fraction of sp³-hybridized carbons (Fsp3) is 0.611. The highest BCUT2D eigenvalue weighted by molar-refractivity contribution is 7.19. The van der Waals surface area contributed by atoms with Gasteiger partial charge < -0.3 is 11.1 Å². The van der Waals surface area contributed by atoms with Crippen molar-refractivity contribution >= 4 is 33.3 Å². The maximum Gasteiger partial charge on any atom is 0.231 e. The number of aromatic nitrogens is 2. The molecule has 25 heavy (non-hydrogen) atoms. The van der Waals surface area contributed by atoms with Crippen LogP contribution >= 0.6 is 11.3 Å². The number of nitrogens with two attached hydrogens (primary N) is 1. The minimum atomic E-state index is -0.247. The van der Waals surface area contributed by atoms with Crippen LogP contribution < -0.4 is 11.1 Å². The van der Waals surface area contributed by atoms with Gasteiger partial charge in [-0.25, -0.2) is 9.97 Å². The van der Waals surface area contributed by atoms with Gasteiger partial charge in [0.2, 0.25) is 5.91 Å². The number of aryl methyl sites for hydroxylation is 1. The van der Waals surface area contributed by atoms with E-state index < -0.39 is 0 Å². The molecule has 7 heteroatoms. The first-order valence-electron chi connectivity index (χ1n) is 9.12. The lowest BCUT2D eigenvalue weighted by molar-refractivity contribution is -0.119. The molecule has 0 bridgehead atoms. The van der Waals surface area contributed by atoms with Crippen LogP contribution in [0, 0.1) is 5.92 Å². The predicted octanol–water partition coefficient (Wildman–Crippen LogP) is 2.18. The molecule has 0 saturated carbocycles. The summed E-state index contributed by atoms with van der Waals surface area (Å²) >= 11 is 1.84. The lowest BCUT2D eigenvalue weighted by Gasteiger charge is -2.31. The molecule has 1 unspecified atom stereocenters. The summed E-state index contributed by atoms with van der Waals surface area (Å²) in [4.78, 5) is 24.9. The second-order valence-electron chi connectivity index (χ2n) is 7.42. The molecular formula is C18H25N5OS. The van der Waals surface area contributed by atoms with Crippen LogP contribution in [0.25, 0.3) is 10.2 Å². The zero-order chi connectivity index (χ0) is 17.4. The second-order valence-corrected chi connectivity index (χ2v) is 8.50. The number of carbonyl (C=O) groups excluding carboxylic acids is 1. The summed E-state index contributed by atoms with van der Waals surface area (Å²) in [6, 6.07) is 0.389. The molecule has 0 aromatic carbocycles. The van der Waals surface area contributed by atoms with Gasteiger partial charge in [0, 0.05) is 24.0 Å². The number of thiophene rings is 1. The van der Waals surface area contributed by atoms with E-state index in [0.717, 1.165) is 48.9 Å². The highest BCUT2D eigenvalue weighted by Crippen LogP contribution is 2.39. The Morgan fingerprint density at radius 1 is 1.36 bits per heavy atom. The summed E-state index contributed by atoms with van der Waals surface area (Å²) < 4.78 is 0. The standard InChI is InChI=1S/C18H25N5OS/c1-11-2-3-13-14(8-11)25-18-16(13)17(20-10-21-18)22-12-4-6-23(7-5-12)9-15(19)24/h10-12H,2-9H2,1H3,(H2,19,24)(H,20,21,22). The Hall–Kier alpha value is -1.73. The average Bonchev–Trinajstić information content (AvgIpc) is 2.94. The Kier molecular flexibility index (Phi) is 4.60.